The van der Waals surface area contributed by atoms with Crippen LogP contribution in [0.5, 0.6) is 0 Å². The molecule has 0 amide bonds. The third-order valence-electron chi connectivity index (χ3n) is 8.70. The van der Waals surface area contributed by atoms with Gasteiger partial charge in [0.2, 0.25) is 0 Å². The molecule has 0 radical (unpaired) electrons. The van der Waals surface area contributed by atoms with Crippen molar-refractivity contribution in [2.24, 2.45) is 10.8 Å². The topological polar surface area (TPSA) is 16.4 Å². The Hall–Kier alpha value is -1.96. The van der Waals surface area contributed by atoms with E-state index in [-0.39, 0.29) is 5.54 Å². The third-order valence-corrected chi connectivity index (χ3v) is 8.70. The van der Waals surface area contributed by atoms with Crippen molar-refractivity contribution in [3.8, 4) is 0 Å². The quantitative estimate of drug-likeness (QED) is 0.487. The number of benzene rings is 2. The fourth-order valence-electron chi connectivity index (χ4n) is 6.20. The molecule has 2 aromatic carbocycles. The fraction of sp³-hybridized carbons (Fsp3) is 0.500. The van der Waals surface area contributed by atoms with Crippen LogP contribution in [0.3, 0.4) is 0 Å². The molecule has 2 unspecified atom stereocenters. The van der Waals surface area contributed by atoms with E-state index < -0.39 is 0 Å². The van der Waals surface area contributed by atoms with Crippen molar-refractivity contribution in [1.29, 1.82) is 0 Å². The van der Waals surface area contributed by atoms with Crippen molar-refractivity contribution in [3.05, 3.63) is 42.0 Å². The zero-order valence-electron chi connectivity index (χ0n) is 16.8. The second-order valence-electron chi connectivity index (χ2n) is 9.60. The van der Waals surface area contributed by atoms with Gasteiger partial charge in [-0.2, -0.15) is 0 Å². The van der Waals surface area contributed by atoms with Crippen LogP contribution >= 0.6 is 0 Å². The molecule has 5 rings (SSSR count). The van der Waals surface area contributed by atoms with Crippen molar-refractivity contribution < 1.29 is 4.42 Å². The standard InChI is InChI=1S/C24H29NO/c1-15-13-21-18(17-9-7-8-10-20(17)26-21)14-19(15)25-16(2)23(5)11-12-24(25,6)22(23,3)4/h7-10,13-14,16H,11-12H2,1-6H3/t16-,23?,24?/m0/s1. The van der Waals surface area contributed by atoms with Crippen LogP contribution in [-0.4, -0.2) is 11.6 Å². The molecular weight excluding hydrogens is 318 g/mol. The zero-order valence-corrected chi connectivity index (χ0v) is 16.8. The Morgan fingerprint density at radius 3 is 2.38 bits per heavy atom. The van der Waals surface area contributed by atoms with Crippen LogP contribution in [0.15, 0.2) is 40.8 Å². The second-order valence-corrected chi connectivity index (χ2v) is 9.60. The molecule has 2 nitrogen and oxygen atoms in total. The lowest BCUT2D eigenvalue weighted by atomic mass is 9.65. The van der Waals surface area contributed by atoms with Gasteiger partial charge >= 0.3 is 0 Å². The number of para-hydroxylation sites is 1. The van der Waals surface area contributed by atoms with Gasteiger partial charge in [-0.3, -0.25) is 0 Å². The van der Waals surface area contributed by atoms with E-state index in [9.17, 15) is 0 Å². The first kappa shape index (κ1) is 16.2. The number of hydrogen-bond acceptors (Lipinski definition) is 2. The van der Waals surface area contributed by atoms with E-state index in [1.165, 1.54) is 34.9 Å². The Labute approximate surface area is 156 Å². The highest BCUT2D eigenvalue weighted by Crippen LogP contribution is 2.69. The van der Waals surface area contributed by atoms with Crippen LogP contribution in [0.4, 0.5) is 5.69 Å². The molecule has 3 atom stereocenters. The molecule has 1 aromatic heterocycles. The average molecular weight is 348 g/mol. The zero-order chi connectivity index (χ0) is 18.5. The smallest absolute Gasteiger partial charge is 0.135 e. The van der Waals surface area contributed by atoms with Gasteiger partial charge in [0.15, 0.2) is 0 Å². The van der Waals surface area contributed by atoms with Crippen LogP contribution in [-0.2, 0) is 0 Å². The van der Waals surface area contributed by atoms with E-state index in [4.69, 9.17) is 4.42 Å². The molecule has 2 heterocycles. The molecule has 1 aliphatic heterocycles. The van der Waals surface area contributed by atoms with Crippen molar-refractivity contribution in [3.63, 3.8) is 0 Å². The van der Waals surface area contributed by atoms with Gasteiger partial charge in [-0.15, -0.1) is 0 Å². The molecule has 3 aromatic rings. The van der Waals surface area contributed by atoms with Crippen LogP contribution in [0.25, 0.3) is 21.9 Å². The number of furan rings is 1. The van der Waals surface area contributed by atoms with Crippen molar-refractivity contribution in [2.45, 2.75) is 66.0 Å². The van der Waals surface area contributed by atoms with Gasteiger partial charge in [-0.1, -0.05) is 39.0 Å². The first-order valence-electron chi connectivity index (χ1n) is 9.92. The van der Waals surface area contributed by atoms with E-state index in [1.807, 2.05) is 6.07 Å². The molecule has 0 spiro atoms. The van der Waals surface area contributed by atoms with Gasteiger partial charge in [0.1, 0.15) is 11.2 Å². The van der Waals surface area contributed by atoms with Crippen molar-refractivity contribution in [2.75, 3.05) is 4.90 Å². The lowest BCUT2D eigenvalue weighted by Gasteiger charge is -2.45. The largest absolute Gasteiger partial charge is 0.456 e. The number of hydrogen-bond donors (Lipinski definition) is 0. The molecule has 136 valence electrons. The molecule has 2 bridgehead atoms. The fourth-order valence-corrected chi connectivity index (χ4v) is 6.20. The monoisotopic (exact) mass is 347 g/mol. The number of rotatable bonds is 1. The summed E-state index contributed by atoms with van der Waals surface area (Å²) in [6, 6.07) is 13.5. The number of nitrogens with zero attached hydrogens (tertiary/aromatic N) is 1. The van der Waals surface area contributed by atoms with Crippen molar-refractivity contribution >= 4 is 27.6 Å². The molecule has 1 aliphatic carbocycles. The number of aryl methyl sites for hydroxylation is 1. The van der Waals surface area contributed by atoms with Gasteiger partial charge in [-0.05, 0) is 68.2 Å². The normalized spacial score (nSPS) is 32.8. The summed E-state index contributed by atoms with van der Waals surface area (Å²) in [4.78, 5) is 2.74. The summed E-state index contributed by atoms with van der Waals surface area (Å²) in [5.41, 5.74) is 5.51. The second kappa shape index (κ2) is 4.65. The van der Waals surface area contributed by atoms with E-state index in [0.717, 1.165) is 11.2 Å². The van der Waals surface area contributed by atoms with E-state index in [2.05, 4.69) is 76.8 Å². The highest BCUT2D eigenvalue weighted by atomic mass is 16.3. The van der Waals surface area contributed by atoms with Gasteiger partial charge in [-0.25, -0.2) is 0 Å². The van der Waals surface area contributed by atoms with E-state index >= 15 is 0 Å². The Bertz CT molecular complexity index is 1040. The summed E-state index contributed by atoms with van der Waals surface area (Å²) in [5, 5.41) is 2.46. The third kappa shape index (κ3) is 1.60. The SMILES string of the molecule is Cc1cc2oc3ccccc3c2cc1N1[C@@H](C)C2(C)CCC1(C)C2(C)C. The lowest BCUT2D eigenvalue weighted by molar-refractivity contribution is 0.132. The van der Waals surface area contributed by atoms with Gasteiger partial charge in [0, 0.05) is 28.0 Å². The minimum atomic E-state index is 0.194. The Balaban J connectivity index is 1.77. The molecule has 2 heteroatoms. The van der Waals surface area contributed by atoms with E-state index in [1.54, 1.807) is 0 Å². The Kier molecular flexibility index (Phi) is 2.91. The molecule has 2 fully saturated rings. The molecule has 1 saturated carbocycles. The van der Waals surface area contributed by atoms with Crippen LogP contribution < -0.4 is 4.90 Å². The van der Waals surface area contributed by atoms with Crippen LogP contribution in [0.2, 0.25) is 0 Å². The highest BCUT2D eigenvalue weighted by molar-refractivity contribution is 6.06. The van der Waals surface area contributed by atoms with Gasteiger partial charge < -0.3 is 9.32 Å². The number of anilines is 1. The summed E-state index contributed by atoms with van der Waals surface area (Å²) >= 11 is 0. The van der Waals surface area contributed by atoms with Gasteiger partial charge in [0.05, 0.1) is 0 Å². The Morgan fingerprint density at radius 2 is 1.69 bits per heavy atom. The first-order valence-corrected chi connectivity index (χ1v) is 9.92. The molecular formula is C24H29NO. The molecule has 2 aliphatic rings. The van der Waals surface area contributed by atoms with Crippen LogP contribution in [0.1, 0.15) is 53.0 Å². The molecule has 1 saturated heterocycles. The molecule has 0 N–H and O–H groups in total. The summed E-state index contributed by atoms with van der Waals surface area (Å²) in [7, 11) is 0. The number of fused-ring (bicyclic) bond motifs is 5. The lowest BCUT2D eigenvalue weighted by Crippen LogP contribution is -2.50. The summed E-state index contributed by atoms with van der Waals surface area (Å²) in [6.45, 7) is 14.6. The minimum Gasteiger partial charge on any atom is -0.456 e. The van der Waals surface area contributed by atoms with Crippen LogP contribution in [0, 0.1) is 17.8 Å². The van der Waals surface area contributed by atoms with Gasteiger partial charge in [0.25, 0.3) is 0 Å². The predicted octanol–water partition coefficient (Wildman–Crippen LogP) is 6.69. The van der Waals surface area contributed by atoms with E-state index in [0.29, 0.717) is 16.9 Å². The predicted molar refractivity (Wildman–Crippen MR) is 110 cm³/mol. The first-order chi connectivity index (χ1) is 12.2. The minimum absolute atomic E-state index is 0.194. The summed E-state index contributed by atoms with van der Waals surface area (Å²) in [5.74, 6) is 0. The number of piperidine rings is 1. The summed E-state index contributed by atoms with van der Waals surface area (Å²) < 4.78 is 6.11. The van der Waals surface area contributed by atoms with Crippen molar-refractivity contribution in [1.82, 2.24) is 0 Å². The maximum atomic E-state index is 6.11. The summed E-state index contributed by atoms with van der Waals surface area (Å²) in [6.07, 6.45) is 2.59. The average Bonchev–Trinajstić information content (AvgIpc) is 3.07. The maximum absolute atomic E-state index is 6.11. The molecule has 26 heavy (non-hydrogen) atoms. The maximum Gasteiger partial charge on any atom is 0.135 e. The highest BCUT2D eigenvalue weighted by Gasteiger charge is 2.70. The Morgan fingerprint density at radius 1 is 0.962 bits per heavy atom.